The zero-order chi connectivity index (χ0) is 15.3. The number of carboxylic acids is 1. The Balaban J connectivity index is 4.44. The molecular formula is C10H20N2O6S. The van der Waals surface area contributed by atoms with Crippen LogP contribution in [0.1, 0.15) is 20.3 Å². The number of hydrogen-bond acceptors (Lipinski definition) is 5. The molecule has 0 bridgehead atoms. The standard InChI is InChI=1S/C10H20N2O6S/c1-10(2,19(3,17)18)6-11-9(16)12-7(4-5-13)8(14)15/h7,13H,4-6H2,1-3H3,(H,14,15)(H2,11,12,16)/t7-/m0/s1. The van der Waals surface area contributed by atoms with E-state index >= 15 is 0 Å². The van der Waals surface area contributed by atoms with Crippen LogP contribution in [0.15, 0.2) is 0 Å². The summed E-state index contributed by atoms with van der Waals surface area (Å²) in [6, 6.07) is -2.01. The molecule has 4 N–H and O–H groups in total. The van der Waals surface area contributed by atoms with E-state index in [0.717, 1.165) is 6.26 Å². The Kier molecular flexibility index (Phi) is 6.23. The van der Waals surface area contributed by atoms with E-state index in [1.165, 1.54) is 13.8 Å². The third kappa shape index (κ3) is 5.88. The molecule has 2 amide bonds. The van der Waals surface area contributed by atoms with Gasteiger partial charge in [0.1, 0.15) is 6.04 Å². The Labute approximate surface area is 112 Å². The second-order valence-electron chi connectivity index (χ2n) is 4.76. The van der Waals surface area contributed by atoms with Crippen LogP contribution in [0.5, 0.6) is 0 Å². The van der Waals surface area contributed by atoms with Gasteiger partial charge in [-0.15, -0.1) is 0 Å². The van der Waals surface area contributed by atoms with Crippen molar-refractivity contribution in [2.75, 3.05) is 19.4 Å². The van der Waals surface area contributed by atoms with Gasteiger partial charge in [-0.1, -0.05) is 0 Å². The van der Waals surface area contributed by atoms with Crippen molar-refractivity contribution in [2.45, 2.75) is 31.1 Å². The third-order valence-corrected chi connectivity index (χ3v) is 4.85. The number of rotatable bonds is 7. The van der Waals surface area contributed by atoms with Crippen LogP contribution >= 0.6 is 0 Å². The monoisotopic (exact) mass is 296 g/mol. The fourth-order valence-corrected chi connectivity index (χ4v) is 1.35. The van der Waals surface area contributed by atoms with Gasteiger partial charge in [0.15, 0.2) is 9.84 Å². The van der Waals surface area contributed by atoms with E-state index in [-0.39, 0.29) is 19.6 Å². The minimum absolute atomic E-state index is 0.127. The van der Waals surface area contributed by atoms with Crippen molar-refractivity contribution in [3.63, 3.8) is 0 Å². The zero-order valence-corrected chi connectivity index (χ0v) is 12.0. The van der Waals surface area contributed by atoms with Crippen molar-refractivity contribution in [3.05, 3.63) is 0 Å². The molecule has 0 aliphatic heterocycles. The lowest BCUT2D eigenvalue weighted by atomic mass is 10.2. The van der Waals surface area contributed by atoms with Crippen LogP contribution in [0.4, 0.5) is 4.79 Å². The van der Waals surface area contributed by atoms with Gasteiger partial charge in [0, 0.05) is 25.8 Å². The highest BCUT2D eigenvalue weighted by atomic mass is 32.2. The number of carbonyl (C=O) groups excluding carboxylic acids is 1. The molecule has 0 fully saturated rings. The highest BCUT2D eigenvalue weighted by molar-refractivity contribution is 7.92. The average molecular weight is 296 g/mol. The SMILES string of the molecule is CC(C)(CNC(=O)N[C@@H](CCO)C(=O)O)S(C)(=O)=O. The number of carboxylic acid groups (broad SMARTS) is 1. The molecule has 0 aliphatic carbocycles. The van der Waals surface area contributed by atoms with Crippen molar-refractivity contribution in [1.29, 1.82) is 0 Å². The molecule has 0 saturated carbocycles. The fraction of sp³-hybridized carbons (Fsp3) is 0.800. The molecular weight excluding hydrogens is 276 g/mol. The molecule has 9 heteroatoms. The Morgan fingerprint density at radius 2 is 1.84 bits per heavy atom. The molecule has 112 valence electrons. The molecule has 8 nitrogen and oxygen atoms in total. The summed E-state index contributed by atoms with van der Waals surface area (Å²) in [7, 11) is -3.35. The van der Waals surface area contributed by atoms with E-state index in [1.54, 1.807) is 0 Å². The van der Waals surface area contributed by atoms with Gasteiger partial charge in [0.05, 0.1) is 4.75 Å². The lowest BCUT2D eigenvalue weighted by Gasteiger charge is -2.23. The normalized spacial score (nSPS) is 13.7. The Morgan fingerprint density at radius 1 is 1.32 bits per heavy atom. The number of aliphatic hydroxyl groups excluding tert-OH is 1. The maximum atomic E-state index is 11.4. The number of aliphatic hydroxyl groups is 1. The number of carbonyl (C=O) groups is 2. The molecule has 0 saturated heterocycles. The van der Waals surface area contributed by atoms with Crippen molar-refractivity contribution < 1.29 is 28.2 Å². The van der Waals surface area contributed by atoms with Gasteiger partial charge < -0.3 is 20.8 Å². The predicted octanol–water partition coefficient (Wildman–Crippen LogP) is -1.06. The first-order valence-corrected chi connectivity index (χ1v) is 7.48. The molecule has 0 aliphatic rings. The lowest BCUT2D eigenvalue weighted by molar-refractivity contribution is -0.139. The summed E-state index contributed by atoms with van der Waals surface area (Å²) in [5.41, 5.74) is 0. The van der Waals surface area contributed by atoms with Crippen molar-refractivity contribution in [1.82, 2.24) is 10.6 Å². The fourth-order valence-electron chi connectivity index (χ4n) is 1.02. The summed E-state index contributed by atoms with van der Waals surface area (Å²) in [6.45, 7) is 2.37. The zero-order valence-electron chi connectivity index (χ0n) is 11.1. The number of aliphatic carboxylic acids is 1. The first-order chi connectivity index (χ1) is 8.51. The van der Waals surface area contributed by atoms with E-state index in [9.17, 15) is 18.0 Å². The van der Waals surface area contributed by atoms with Gasteiger partial charge in [-0.3, -0.25) is 0 Å². The molecule has 0 aromatic rings. The Bertz CT molecular complexity index is 431. The smallest absolute Gasteiger partial charge is 0.326 e. The number of sulfone groups is 1. The Morgan fingerprint density at radius 3 is 2.21 bits per heavy atom. The molecule has 0 rings (SSSR count). The lowest BCUT2D eigenvalue weighted by Crippen LogP contribution is -2.51. The molecule has 0 unspecified atom stereocenters. The van der Waals surface area contributed by atoms with Crippen LogP contribution in [-0.4, -0.2) is 60.8 Å². The summed E-state index contributed by atoms with van der Waals surface area (Å²) < 4.78 is 21.6. The van der Waals surface area contributed by atoms with Crippen molar-refractivity contribution >= 4 is 21.8 Å². The molecule has 0 radical (unpaired) electrons. The second-order valence-corrected chi connectivity index (χ2v) is 7.41. The molecule has 0 aromatic heterocycles. The molecule has 19 heavy (non-hydrogen) atoms. The highest BCUT2D eigenvalue weighted by Crippen LogP contribution is 2.13. The Hall–Kier alpha value is -1.35. The van der Waals surface area contributed by atoms with Gasteiger partial charge in [0.2, 0.25) is 0 Å². The quantitative estimate of drug-likeness (QED) is 0.473. The average Bonchev–Trinajstić information content (AvgIpc) is 2.24. The van der Waals surface area contributed by atoms with Crippen molar-refractivity contribution in [3.8, 4) is 0 Å². The first-order valence-electron chi connectivity index (χ1n) is 5.59. The molecule has 0 aromatic carbocycles. The number of hydrogen-bond donors (Lipinski definition) is 4. The van der Waals surface area contributed by atoms with Crippen LogP contribution in [0.25, 0.3) is 0 Å². The molecule has 0 heterocycles. The topological polar surface area (TPSA) is 133 Å². The largest absolute Gasteiger partial charge is 0.480 e. The first kappa shape index (κ1) is 17.6. The van der Waals surface area contributed by atoms with E-state index in [0.29, 0.717) is 0 Å². The number of amides is 2. The number of urea groups is 1. The summed E-state index contributed by atoms with van der Waals surface area (Å²) in [4.78, 5) is 22.2. The molecule has 1 atom stereocenters. The molecule has 0 spiro atoms. The van der Waals surface area contributed by atoms with E-state index in [2.05, 4.69) is 10.6 Å². The van der Waals surface area contributed by atoms with Crippen LogP contribution in [0.2, 0.25) is 0 Å². The van der Waals surface area contributed by atoms with E-state index < -0.39 is 32.6 Å². The minimum atomic E-state index is -3.35. The summed E-state index contributed by atoms with van der Waals surface area (Å²) >= 11 is 0. The van der Waals surface area contributed by atoms with E-state index in [4.69, 9.17) is 10.2 Å². The van der Waals surface area contributed by atoms with Crippen LogP contribution in [0, 0.1) is 0 Å². The minimum Gasteiger partial charge on any atom is -0.480 e. The van der Waals surface area contributed by atoms with Gasteiger partial charge in [-0.05, 0) is 13.8 Å². The van der Waals surface area contributed by atoms with Crippen LogP contribution in [-0.2, 0) is 14.6 Å². The van der Waals surface area contributed by atoms with Crippen LogP contribution < -0.4 is 10.6 Å². The van der Waals surface area contributed by atoms with E-state index in [1.807, 2.05) is 0 Å². The van der Waals surface area contributed by atoms with Gasteiger partial charge in [-0.2, -0.15) is 0 Å². The summed E-state index contributed by atoms with van der Waals surface area (Å²) in [6.07, 6.45) is 0.927. The van der Waals surface area contributed by atoms with Gasteiger partial charge in [0.25, 0.3) is 0 Å². The maximum absolute atomic E-state index is 11.4. The number of nitrogens with one attached hydrogen (secondary N) is 2. The summed E-state index contributed by atoms with van der Waals surface area (Å²) in [5.74, 6) is -1.27. The third-order valence-electron chi connectivity index (χ3n) is 2.70. The maximum Gasteiger partial charge on any atom is 0.326 e. The highest BCUT2D eigenvalue weighted by Gasteiger charge is 2.31. The van der Waals surface area contributed by atoms with Crippen molar-refractivity contribution in [2.24, 2.45) is 0 Å². The van der Waals surface area contributed by atoms with Crippen LogP contribution in [0.3, 0.4) is 0 Å². The van der Waals surface area contributed by atoms with Gasteiger partial charge in [-0.25, -0.2) is 18.0 Å². The second kappa shape index (κ2) is 6.71. The van der Waals surface area contributed by atoms with Gasteiger partial charge >= 0.3 is 12.0 Å². The summed E-state index contributed by atoms with van der Waals surface area (Å²) in [5, 5.41) is 21.8. The predicted molar refractivity (Wildman–Crippen MR) is 68.6 cm³/mol.